The zero-order valence-corrected chi connectivity index (χ0v) is 21.0. The highest BCUT2D eigenvalue weighted by molar-refractivity contribution is 6.35. The van der Waals surface area contributed by atoms with E-state index in [0.29, 0.717) is 22.3 Å². The molecule has 0 aliphatic carbocycles. The van der Waals surface area contributed by atoms with Crippen LogP contribution < -0.4 is 15.5 Å². The van der Waals surface area contributed by atoms with E-state index in [1.807, 2.05) is 42.6 Å². The van der Waals surface area contributed by atoms with Crippen LogP contribution in [0.4, 0.5) is 0 Å². The smallest absolute Gasteiger partial charge is 0.259 e. The van der Waals surface area contributed by atoms with Gasteiger partial charge in [0.2, 0.25) is 5.91 Å². The lowest BCUT2D eigenvalue weighted by atomic mass is 10.1. The maximum Gasteiger partial charge on any atom is 0.259 e. The number of nitrogens with zero attached hydrogens (tertiary/aromatic N) is 2. The first-order valence-electron chi connectivity index (χ1n) is 11.2. The Morgan fingerprint density at radius 2 is 1.81 bits per heavy atom. The first-order chi connectivity index (χ1) is 17.4. The number of rotatable bonds is 9. The fraction of sp³-hybridized carbons (Fsp3) is 0.148. The number of carbonyl (C=O) groups is 2. The standard InChI is InChI=1S/C27H24Cl2N4O3/c1-36-22-10-6-18(7-11-22)12-26(34)30-15-27(35)32-31-14-20-17-33(25-5-3-2-4-23(20)25)16-19-8-9-21(28)13-24(19)29/h2-11,13-14,17H,12,15-16H2,1H3,(H,30,34)(H,32,35)/b31-14-. The highest BCUT2D eigenvalue weighted by Gasteiger charge is 2.10. The summed E-state index contributed by atoms with van der Waals surface area (Å²) in [6.07, 6.45) is 3.69. The van der Waals surface area contributed by atoms with Crippen LogP contribution in [0.5, 0.6) is 5.75 Å². The quantitative estimate of drug-likeness (QED) is 0.244. The number of hydrazone groups is 1. The molecule has 3 aromatic carbocycles. The van der Waals surface area contributed by atoms with Crippen LogP contribution >= 0.6 is 23.2 Å². The molecule has 0 bridgehead atoms. The van der Waals surface area contributed by atoms with E-state index >= 15 is 0 Å². The van der Waals surface area contributed by atoms with E-state index in [1.165, 1.54) is 0 Å². The zero-order valence-electron chi connectivity index (χ0n) is 19.5. The van der Waals surface area contributed by atoms with Gasteiger partial charge in [-0.2, -0.15) is 5.10 Å². The van der Waals surface area contributed by atoms with E-state index in [4.69, 9.17) is 27.9 Å². The molecule has 0 fully saturated rings. The van der Waals surface area contributed by atoms with Crippen LogP contribution in [0.25, 0.3) is 10.9 Å². The second-order valence-corrected chi connectivity index (χ2v) is 8.90. The first kappa shape index (κ1) is 25.3. The Hall–Kier alpha value is -3.81. The summed E-state index contributed by atoms with van der Waals surface area (Å²) in [5.41, 5.74) is 6.05. The number of hydrogen-bond acceptors (Lipinski definition) is 4. The minimum absolute atomic E-state index is 0.164. The molecular weight excluding hydrogens is 499 g/mol. The maximum absolute atomic E-state index is 12.2. The number of halogens is 2. The fourth-order valence-electron chi connectivity index (χ4n) is 3.73. The Bertz CT molecular complexity index is 1410. The summed E-state index contributed by atoms with van der Waals surface area (Å²) < 4.78 is 7.17. The van der Waals surface area contributed by atoms with Gasteiger partial charge in [0, 0.05) is 39.3 Å². The van der Waals surface area contributed by atoms with Gasteiger partial charge in [0.25, 0.3) is 5.91 Å². The van der Waals surface area contributed by atoms with Crippen LogP contribution in [0.2, 0.25) is 10.0 Å². The summed E-state index contributed by atoms with van der Waals surface area (Å²) >= 11 is 12.4. The van der Waals surface area contributed by atoms with Gasteiger partial charge in [0.15, 0.2) is 0 Å². The normalized spacial score (nSPS) is 11.1. The van der Waals surface area contributed by atoms with E-state index in [1.54, 1.807) is 43.7 Å². The molecule has 4 rings (SSSR count). The average molecular weight is 523 g/mol. The van der Waals surface area contributed by atoms with Crippen molar-refractivity contribution >= 4 is 52.1 Å². The van der Waals surface area contributed by atoms with Crippen LogP contribution in [0.3, 0.4) is 0 Å². The molecule has 7 nitrogen and oxygen atoms in total. The largest absolute Gasteiger partial charge is 0.497 e. The number of para-hydroxylation sites is 1. The topological polar surface area (TPSA) is 84.7 Å². The molecule has 1 heterocycles. The van der Waals surface area contributed by atoms with Crippen molar-refractivity contribution in [2.75, 3.05) is 13.7 Å². The van der Waals surface area contributed by atoms with E-state index in [0.717, 1.165) is 27.6 Å². The highest BCUT2D eigenvalue weighted by atomic mass is 35.5. The maximum atomic E-state index is 12.2. The summed E-state index contributed by atoms with van der Waals surface area (Å²) in [4.78, 5) is 24.3. The van der Waals surface area contributed by atoms with Crippen LogP contribution in [-0.4, -0.2) is 36.3 Å². The summed E-state index contributed by atoms with van der Waals surface area (Å²) in [7, 11) is 1.58. The van der Waals surface area contributed by atoms with Gasteiger partial charge in [0.05, 0.1) is 26.3 Å². The number of carbonyl (C=O) groups excluding carboxylic acids is 2. The van der Waals surface area contributed by atoms with Crippen molar-refractivity contribution in [1.29, 1.82) is 0 Å². The minimum Gasteiger partial charge on any atom is -0.497 e. The van der Waals surface area contributed by atoms with Crippen molar-refractivity contribution in [3.05, 3.63) is 99.7 Å². The van der Waals surface area contributed by atoms with E-state index in [2.05, 4.69) is 20.4 Å². The molecule has 184 valence electrons. The molecular formula is C27H24Cl2N4O3. The minimum atomic E-state index is -0.425. The Morgan fingerprint density at radius 1 is 1.03 bits per heavy atom. The van der Waals surface area contributed by atoms with Crippen molar-refractivity contribution in [3.63, 3.8) is 0 Å². The Labute approximate surface area is 218 Å². The third kappa shape index (κ3) is 6.44. The molecule has 36 heavy (non-hydrogen) atoms. The zero-order chi connectivity index (χ0) is 25.5. The molecule has 2 N–H and O–H groups in total. The molecule has 0 saturated heterocycles. The van der Waals surface area contributed by atoms with Gasteiger partial charge in [-0.25, -0.2) is 5.43 Å². The molecule has 2 amide bonds. The molecule has 0 radical (unpaired) electrons. The van der Waals surface area contributed by atoms with Gasteiger partial charge in [-0.15, -0.1) is 0 Å². The summed E-state index contributed by atoms with van der Waals surface area (Å²) in [6, 6.07) is 20.5. The Balaban J connectivity index is 1.35. The molecule has 0 aliphatic heterocycles. The molecule has 0 unspecified atom stereocenters. The molecule has 0 aliphatic rings. The predicted molar refractivity (Wildman–Crippen MR) is 143 cm³/mol. The van der Waals surface area contributed by atoms with Crippen LogP contribution in [0.1, 0.15) is 16.7 Å². The third-order valence-corrected chi connectivity index (χ3v) is 6.12. The van der Waals surface area contributed by atoms with Crippen molar-refractivity contribution in [1.82, 2.24) is 15.3 Å². The SMILES string of the molecule is COc1ccc(CC(=O)NCC(=O)N/N=C\c2cn(Cc3ccc(Cl)cc3Cl)c3ccccc23)cc1. The van der Waals surface area contributed by atoms with Gasteiger partial charge >= 0.3 is 0 Å². The van der Waals surface area contributed by atoms with Crippen LogP contribution in [-0.2, 0) is 22.6 Å². The number of amides is 2. The highest BCUT2D eigenvalue weighted by Crippen LogP contribution is 2.25. The summed E-state index contributed by atoms with van der Waals surface area (Å²) in [6.45, 7) is 0.375. The van der Waals surface area contributed by atoms with Crippen molar-refractivity contribution in [2.45, 2.75) is 13.0 Å². The van der Waals surface area contributed by atoms with Gasteiger partial charge < -0.3 is 14.6 Å². The number of methoxy groups -OCH3 is 1. The molecule has 1 aromatic heterocycles. The van der Waals surface area contributed by atoms with Crippen molar-refractivity contribution in [2.24, 2.45) is 5.10 Å². The lowest BCUT2D eigenvalue weighted by Gasteiger charge is -2.08. The van der Waals surface area contributed by atoms with E-state index < -0.39 is 5.91 Å². The molecule has 0 saturated carbocycles. The third-order valence-electron chi connectivity index (χ3n) is 5.54. The van der Waals surface area contributed by atoms with Crippen molar-refractivity contribution in [3.8, 4) is 5.75 Å². The lowest BCUT2D eigenvalue weighted by Crippen LogP contribution is -2.35. The van der Waals surface area contributed by atoms with E-state index in [9.17, 15) is 9.59 Å². The first-order valence-corrected chi connectivity index (χ1v) is 11.9. The van der Waals surface area contributed by atoms with Crippen molar-refractivity contribution < 1.29 is 14.3 Å². The predicted octanol–water partition coefficient (Wildman–Crippen LogP) is 4.81. The van der Waals surface area contributed by atoms with Gasteiger partial charge in [-0.05, 0) is 41.5 Å². The lowest BCUT2D eigenvalue weighted by molar-refractivity contribution is -0.125. The number of hydrogen-bond donors (Lipinski definition) is 2. The summed E-state index contributed by atoms with van der Waals surface area (Å²) in [5, 5.41) is 8.83. The second-order valence-electron chi connectivity index (χ2n) is 8.06. The molecule has 0 atom stereocenters. The average Bonchev–Trinajstić information content (AvgIpc) is 3.22. The summed E-state index contributed by atoms with van der Waals surface area (Å²) in [5.74, 6) is 0.0301. The van der Waals surface area contributed by atoms with Crippen LogP contribution in [0.15, 0.2) is 78.0 Å². The Morgan fingerprint density at radius 3 is 2.56 bits per heavy atom. The number of fused-ring (bicyclic) bond motifs is 1. The van der Waals surface area contributed by atoms with Gasteiger partial charge in [0.1, 0.15) is 5.75 Å². The Kier molecular flexibility index (Phi) is 8.25. The number of nitrogens with one attached hydrogen (secondary N) is 2. The molecule has 4 aromatic rings. The van der Waals surface area contributed by atoms with Crippen LogP contribution in [0, 0.1) is 0 Å². The molecule has 9 heteroatoms. The molecule has 0 spiro atoms. The number of aromatic nitrogens is 1. The monoisotopic (exact) mass is 522 g/mol. The number of benzene rings is 3. The van der Waals surface area contributed by atoms with Gasteiger partial charge in [-0.3, -0.25) is 9.59 Å². The van der Waals surface area contributed by atoms with Gasteiger partial charge in [-0.1, -0.05) is 59.6 Å². The van der Waals surface area contributed by atoms with E-state index in [-0.39, 0.29) is 18.9 Å². The second kappa shape index (κ2) is 11.7. The number of ether oxygens (including phenoxy) is 1. The fourth-order valence-corrected chi connectivity index (χ4v) is 4.19.